The zero-order valence-corrected chi connectivity index (χ0v) is 26.7. The van der Waals surface area contributed by atoms with E-state index in [1.165, 1.54) is 56.9 Å². The Morgan fingerprint density at radius 2 is 1.76 bits per heavy atom. The Morgan fingerprint density at radius 3 is 2.48 bits per heavy atom. The number of rotatable bonds is 10. The summed E-state index contributed by atoms with van der Waals surface area (Å²) < 4.78 is 5.86. The number of fused-ring (bicyclic) bond motifs is 5. The van der Waals surface area contributed by atoms with Crippen molar-refractivity contribution in [2.75, 3.05) is 0 Å². The van der Waals surface area contributed by atoms with Gasteiger partial charge in [0.25, 0.3) is 0 Å². The fraction of sp³-hybridized carbons (Fsp3) is 0.730. The van der Waals surface area contributed by atoms with Crippen LogP contribution in [-0.2, 0) is 16.0 Å². The third-order valence-corrected chi connectivity index (χ3v) is 12.4. The molecule has 0 saturated heterocycles. The predicted octanol–water partition coefficient (Wildman–Crippen LogP) is 8.82. The molecule has 42 heavy (non-hydrogen) atoms. The van der Waals surface area contributed by atoms with Crippen molar-refractivity contribution in [2.24, 2.45) is 46.3 Å². The van der Waals surface area contributed by atoms with Crippen LogP contribution < -0.4 is 5.32 Å². The Balaban J connectivity index is 1.19. The zero-order chi connectivity index (χ0) is 30.1. The minimum absolute atomic E-state index is 0.191. The van der Waals surface area contributed by atoms with E-state index in [2.05, 4.69) is 46.0 Å². The SMILES string of the molecule is CC(C)CCC[C@@H](C)[C@H]1CC[C@H]2[C@@H]3CC=C4C[C@@H](OC(=O)NC(Cc5ccccc5)C(=O)O)CC[C@]4(C)[C@H]3CC[C@]12C. The number of alkyl carbamates (subject to hydrolysis) is 1. The maximum Gasteiger partial charge on any atom is 0.408 e. The molecule has 4 aliphatic carbocycles. The average Bonchev–Trinajstić information content (AvgIpc) is 3.30. The summed E-state index contributed by atoms with van der Waals surface area (Å²) in [7, 11) is 0. The van der Waals surface area contributed by atoms with Crippen molar-refractivity contribution in [1.29, 1.82) is 0 Å². The molecule has 3 fully saturated rings. The predicted molar refractivity (Wildman–Crippen MR) is 168 cm³/mol. The highest BCUT2D eigenvalue weighted by Gasteiger charge is 2.59. The number of benzene rings is 1. The Morgan fingerprint density at radius 1 is 1.00 bits per heavy atom. The number of amides is 1. The molecule has 232 valence electrons. The Labute approximate surface area is 254 Å². The molecule has 3 saturated carbocycles. The second kappa shape index (κ2) is 12.7. The third-order valence-electron chi connectivity index (χ3n) is 12.4. The summed E-state index contributed by atoms with van der Waals surface area (Å²) in [6.07, 6.45) is 15.4. The maximum atomic E-state index is 12.8. The molecule has 5 rings (SSSR count). The van der Waals surface area contributed by atoms with E-state index in [0.29, 0.717) is 5.41 Å². The Bertz CT molecular complexity index is 1130. The van der Waals surface area contributed by atoms with Crippen molar-refractivity contribution >= 4 is 12.1 Å². The molecule has 0 radical (unpaired) electrons. The van der Waals surface area contributed by atoms with Crippen LogP contribution in [0.2, 0.25) is 0 Å². The van der Waals surface area contributed by atoms with Gasteiger partial charge >= 0.3 is 12.1 Å². The lowest BCUT2D eigenvalue weighted by molar-refractivity contribution is -0.139. The molecule has 0 aliphatic heterocycles. The van der Waals surface area contributed by atoms with Crippen LogP contribution in [0.4, 0.5) is 4.79 Å². The summed E-state index contributed by atoms with van der Waals surface area (Å²) in [6.45, 7) is 12.4. The van der Waals surface area contributed by atoms with E-state index in [1.54, 1.807) is 0 Å². The van der Waals surface area contributed by atoms with Crippen molar-refractivity contribution in [1.82, 2.24) is 5.32 Å². The fourth-order valence-electron chi connectivity index (χ4n) is 10.1. The van der Waals surface area contributed by atoms with E-state index in [1.807, 2.05) is 30.3 Å². The summed E-state index contributed by atoms with van der Waals surface area (Å²) in [4.78, 5) is 24.7. The monoisotopic (exact) mass is 577 g/mol. The molecule has 1 aromatic rings. The van der Waals surface area contributed by atoms with E-state index < -0.39 is 18.1 Å². The van der Waals surface area contributed by atoms with E-state index in [9.17, 15) is 14.7 Å². The largest absolute Gasteiger partial charge is 0.480 e. The van der Waals surface area contributed by atoms with E-state index in [4.69, 9.17) is 4.74 Å². The molecule has 9 atom stereocenters. The smallest absolute Gasteiger partial charge is 0.408 e. The molecule has 0 aromatic heterocycles. The van der Waals surface area contributed by atoms with Gasteiger partial charge in [-0.3, -0.25) is 0 Å². The molecule has 2 N–H and O–H groups in total. The molecule has 1 aromatic carbocycles. The number of allylic oxidation sites excluding steroid dienone is 1. The number of aliphatic carboxylic acids is 1. The number of carboxylic acid groups (broad SMARTS) is 1. The average molecular weight is 578 g/mol. The second-order valence-corrected chi connectivity index (χ2v) is 15.3. The summed E-state index contributed by atoms with van der Waals surface area (Å²) in [5, 5.41) is 12.3. The van der Waals surface area contributed by atoms with Gasteiger partial charge in [0.15, 0.2) is 0 Å². The molecule has 0 heterocycles. The van der Waals surface area contributed by atoms with E-state index >= 15 is 0 Å². The van der Waals surface area contributed by atoms with Crippen molar-refractivity contribution < 1.29 is 19.4 Å². The Kier molecular flexibility index (Phi) is 9.45. The highest BCUT2D eigenvalue weighted by Crippen LogP contribution is 2.67. The van der Waals surface area contributed by atoms with Crippen LogP contribution in [0.15, 0.2) is 42.0 Å². The molecular weight excluding hydrogens is 522 g/mol. The van der Waals surface area contributed by atoms with Crippen LogP contribution in [0.3, 0.4) is 0 Å². The van der Waals surface area contributed by atoms with Crippen molar-refractivity contribution in [3.8, 4) is 0 Å². The lowest BCUT2D eigenvalue weighted by Crippen LogP contribution is -2.51. The van der Waals surface area contributed by atoms with Crippen LogP contribution in [0.1, 0.15) is 111 Å². The summed E-state index contributed by atoms with van der Waals surface area (Å²) >= 11 is 0. The quantitative estimate of drug-likeness (QED) is 0.272. The molecule has 1 unspecified atom stereocenters. The lowest BCUT2D eigenvalue weighted by Gasteiger charge is -2.58. The lowest BCUT2D eigenvalue weighted by atomic mass is 9.47. The van der Waals surface area contributed by atoms with Crippen LogP contribution in [0, 0.1) is 46.3 Å². The number of ether oxygens (including phenoxy) is 1. The molecule has 1 amide bonds. The van der Waals surface area contributed by atoms with Gasteiger partial charge in [0.05, 0.1) is 0 Å². The van der Waals surface area contributed by atoms with Gasteiger partial charge in [0.1, 0.15) is 12.1 Å². The number of nitrogens with one attached hydrogen (secondary N) is 1. The van der Waals surface area contributed by atoms with Crippen LogP contribution in [0.5, 0.6) is 0 Å². The number of hydrogen-bond acceptors (Lipinski definition) is 3. The highest BCUT2D eigenvalue weighted by atomic mass is 16.6. The van der Waals surface area contributed by atoms with Gasteiger partial charge in [-0.15, -0.1) is 0 Å². The van der Waals surface area contributed by atoms with Crippen molar-refractivity contribution in [3.05, 3.63) is 47.5 Å². The standard InChI is InChI=1S/C37H55NO4/c1-24(2)10-9-11-25(3)30-16-17-31-29-15-14-27-23-28(18-20-36(27,4)32(29)19-21-37(30,31)5)42-35(41)38-33(34(39)40)22-26-12-7-6-8-13-26/h6-8,12-14,24-25,28-33H,9-11,15-23H2,1-5H3,(H,38,41)(H,39,40)/t25-,28+,29+,30-,31+,32+,33?,36+,37-/m1/s1. The van der Waals surface area contributed by atoms with Crippen molar-refractivity contribution in [2.45, 2.75) is 124 Å². The minimum Gasteiger partial charge on any atom is -0.480 e. The van der Waals surface area contributed by atoms with Gasteiger partial charge in [-0.2, -0.15) is 0 Å². The highest BCUT2D eigenvalue weighted by molar-refractivity contribution is 5.80. The topological polar surface area (TPSA) is 75.6 Å². The molecular formula is C37H55NO4. The van der Waals surface area contributed by atoms with E-state index in [0.717, 1.165) is 60.3 Å². The zero-order valence-electron chi connectivity index (χ0n) is 26.7. The van der Waals surface area contributed by atoms with Crippen LogP contribution >= 0.6 is 0 Å². The summed E-state index contributed by atoms with van der Waals surface area (Å²) in [5.74, 6) is 3.79. The first-order valence-electron chi connectivity index (χ1n) is 16.9. The number of carbonyl (C=O) groups is 2. The first kappa shape index (κ1) is 31.1. The van der Waals surface area contributed by atoms with Gasteiger partial charge in [-0.25, -0.2) is 9.59 Å². The van der Waals surface area contributed by atoms with Gasteiger partial charge in [0, 0.05) is 12.8 Å². The number of carbonyl (C=O) groups excluding carboxylic acids is 1. The molecule has 4 aliphatic rings. The fourth-order valence-corrected chi connectivity index (χ4v) is 10.1. The van der Waals surface area contributed by atoms with Gasteiger partial charge in [-0.1, -0.05) is 95.9 Å². The first-order valence-corrected chi connectivity index (χ1v) is 16.9. The van der Waals surface area contributed by atoms with Crippen LogP contribution in [-0.4, -0.2) is 29.3 Å². The summed E-state index contributed by atoms with van der Waals surface area (Å²) in [5.41, 5.74) is 3.03. The summed E-state index contributed by atoms with van der Waals surface area (Å²) in [6, 6.07) is 8.40. The van der Waals surface area contributed by atoms with Gasteiger partial charge < -0.3 is 15.2 Å². The maximum absolute atomic E-state index is 12.8. The number of hydrogen-bond donors (Lipinski definition) is 2. The molecule has 0 spiro atoms. The van der Waals surface area contributed by atoms with Gasteiger partial charge in [0.2, 0.25) is 0 Å². The molecule has 5 heteroatoms. The second-order valence-electron chi connectivity index (χ2n) is 15.3. The normalized spacial score (nSPS) is 35.3. The van der Waals surface area contributed by atoms with Crippen molar-refractivity contribution in [3.63, 3.8) is 0 Å². The minimum atomic E-state index is -1.04. The first-order chi connectivity index (χ1) is 20.0. The van der Waals surface area contributed by atoms with E-state index in [-0.39, 0.29) is 17.9 Å². The Hall–Kier alpha value is -2.30. The van der Waals surface area contributed by atoms with Gasteiger partial charge in [-0.05, 0) is 96.8 Å². The number of carboxylic acids is 1. The third kappa shape index (κ3) is 6.31. The molecule has 0 bridgehead atoms. The van der Waals surface area contributed by atoms with Crippen LogP contribution in [0.25, 0.3) is 0 Å². The molecule has 5 nitrogen and oxygen atoms in total.